The molecule has 3 aromatic heterocycles. The van der Waals surface area contributed by atoms with Gasteiger partial charge in [0, 0.05) is 17.7 Å². The SMILES string of the molecule is COC(=O)c1scc(N)c1NC(C)=O.COC(=O)c1scc2[nH]c(C)nc12. The summed E-state index contributed by atoms with van der Waals surface area (Å²) in [5, 5.41) is 5.93. The number of thiophene rings is 2. The van der Waals surface area contributed by atoms with E-state index in [-0.39, 0.29) is 11.9 Å². The Labute approximate surface area is 162 Å². The molecule has 3 rings (SSSR count). The van der Waals surface area contributed by atoms with Crippen LogP contribution in [-0.4, -0.2) is 42.0 Å². The van der Waals surface area contributed by atoms with Crippen LogP contribution in [0.15, 0.2) is 10.8 Å². The van der Waals surface area contributed by atoms with Gasteiger partial charge in [0.2, 0.25) is 5.91 Å². The minimum Gasteiger partial charge on any atom is -0.465 e. The Morgan fingerprint density at radius 1 is 1.11 bits per heavy atom. The third-order valence-corrected chi connectivity index (χ3v) is 5.15. The monoisotopic (exact) mass is 410 g/mol. The Kier molecular flexibility index (Phi) is 6.53. The first-order valence-corrected chi connectivity index (χ1v) is 9.29. The first kappa shape index (κ1) is 20.4. The molecule has 0 atom stereocenters. The molecular formula is C16H18N4O5S2. The van der Waals surface area contributed by atoms with Crippen molar-refractivity contribution >= 4 is 62.9 Å². The summed E-state index contributed by atoms with van der Waals surface area (Å²) in [7, 11) is 2.64. The largest absolute Gasteiger partial charge is 0.465 e. The molecule has 11 heteroatoms. The Bertz CT molecular complexity index is 988. The van der Waals surface area contributed by atoms with Crippen molar-refractivity contribution in [3.05, 3.63) is 26.3 Å². The number of hydrogen-bond donors (Lipinski definition) is 3. The zero-order valence-corrected chi connectivity index (χ0v) is 16.7. The van der Waals surface area contributed by atoms with E-state index >= 15 is 0 Å². The van der Waals surface area contributed by atoms with Gasteiger partial charge in [0.25, 0.3) is 0 Å². The number of amides is 1. The van der Waals surface area contributed by atoms with Crippen molar-refractivity contribution < 1.29 is 23.9 Å². The van der Waals surface area contributed by atoms with Gasteiger partial charge in [0.05, 0.1) is 31.1 Å². The lowest BCUT2D eigenvalue weighted by Gasteiger charge is -2.03. The number of rotatable bonds is 3. The van der Waals surface area contributed by atoms with E-state index in [2.05, 4.69) is 24.8 Å². The molecule has 3 aromatic rings. The van der Waals surface area contributed by atoms with Crippen molar-refractivity contribution in [2.45, 2.75) is 13.8 Å². The van der Waals surface area contributed by atoms with E-state index < -0.39 is 5.97 Å². The average molecular weight is 410 g/mol. The third kappa shape index (κ3) is 4.63. The van der Waals surface area contributed by atoms with Gasteiger partial charge in [-0.15, -0.1) is 22.7 Å². The van der Waals surface area contributed by atoms with Crippen molar-refractivity contribution in [1.82, 2.24) is 9.97 Å². The molecule has 0 aliphatic carbocycles. The molecule has 0 saturated heterocycles. The minimum absolute atomic E-state index is 0.278. The predicted molar refractivity (Wildman–Crippen MR) is 104 cm³/mol. The molecule has 0 aliphatic rings. The smallest absolute Gasteiger partial charge is 0.350 e. The van der Waals surface area contributed by atoms with Gasteiger partial charge in [-0.2, -0.15) is 0 Å². The third-order valence-electron chi connectivity index (χ3n) is 3.22. The molecule has 0 saturated carbocycles. The fourth-order valence-electron chi connectivity index (χ4n) is 2.10. The number of aromatic amines is 1. The summed E-state index contributed by atoms with van der Waals surface area (Å²) in [6.45, 7) is 3.20. The maximum atomic E-state index is 11.2. The number of hydrogen-bond acceptors (Lipinski definition) is 9. The van der Waals surface area contributed by atoms with Crippen molar-refractivity contribution in [3.63, 3.8) is 0 Å². The molecule has 3 heterocycles. The molecule has 0 aliphatic heterocycles. The van der Waals surface area contributed by atoms with E-state index in [1.807, 2.05) is 12.3 Å². The molecule has 0 radical (unpaired) electrons. The molecule has 0 bridgehead atoms. The number of aryl methyl sites for hydroxylation is 1. The summed E-state index contributed by atoms with van der Waals surface area (Å²) < 4.78 is 9.17. The summed E-state index contributed by atoms with van der Waals surface area (Å²) in [6.07, 6.45) is 0. The molecule has 4 N–H and O–H groups in total. The topological polar surface area (TPSA) is 136 Å². The van der Waals surface area contributed by atoms with Gasteiger partial charge < -0.3 is 25.5 Å². The van der Waals surface area contributed by atoms with E-state index in [1.165, 1.54) is 32.5 Å². The highest BCUT2D eigenvalue weighted by Crippen LogP contribution is 2.30. The minimum atomic E-state index is -0.504. The summed E-state index contributed by atoms with van der Waals surface area (Å²) in [6, 6.07) is 0. The quantitative estimate of drug-likeness (QED) is 0.565. The number of carbonyl (C=O) groups excluding carboxylic acids is 3. The number of nitrogen functional groups attached to an aromatic ring is 1. The molecule has 0 aromatic carbocycles. The van der Waals surface area contributed by atoms with E-state index in [0.717, 1.165) is 22.7 Å². The van der Waals surface area contributed by atoms with Crippen LogP contribution in [0.1, 0.15) is 32.1 Å². The summed E-state index contributed by atoms with van der Waals surface area (Å²) in [5.41, 5.74) is 7.86. The number of nitrogens with zero attached hydrogens (tertiary/aromatic N) is 1. The van der Waals surface area contributed by atoms with Crippen molar-refractivity contribution in [2.75, 3.05) is 25.3 Å². The molecule has 9 nitrogen and oxygen atoms in total. The van der Waals surface area contributed by atoms with Crippen molar-refractivity contribution in [2.24, 2.45) is 0 Å². The number of carbonyl (C=O) groups is 3. The molecular weight excluding hydrogens is 392 g/mol. The summed E-state index contributed by atoms with van der Waals surface area (Å²) in [5.74, 6) is -0.301. The van der Waals surface area contributed by atoms with Gasteiger partial charge in [0.1, 0.15) is 21.1 Å². The van der Waals surface area contributed by atoms with Gasteiger partial charge >= 0.3 is 11.9 Å². The number of ether oxygens (including phenoxy) is 2. The first-order chi connectivity index (χ1) is 12.8. The van der Waals surface area contributed by atoms with Crippen LogP contribution in [0, 0.1) is 6.92 Å². The van der Waals surface area contributed by atoms with Gasteiger partial charge in [-0.25, -0.2) is 14.6 Å². The van der Waals surface area contributed by atoms with Crippen LogP contribution in [0.3, 0.4) is 0 Å². The number of fused-ring (bicyclic) bond motifs is 1. The Morgan fingerprint density at radius 2 is 1.70 bits per heavy atom. The second-order valence-electron chi connectivity index (χ2n) is 5.21. The maximum Gasteiger partial charge on any atom is 0.350 e. The lowest BCUT2D eigenvalue weighted by molar-refractivity contribution is -0.114. The number of nitrogens with one attached hydrogen (secondary N) is 2. The number of imidazole rings is 1. The van der Waals surface area contributed by atoms with Gasteiger partial charge in [0.15, 0.2) is 0 Å². The first-order valence-electron chi connectivity index (χ1n) is 7.53. The van der Waals surface area contributed by atoms with E-state index in [4.69, 9.17) is 5.73 Å². The lowest BCUT2D eigenvalue weighted by Crippen LogP contribution is -2.11. The molecule has 1 amide bonds. The molecule has 0 fully saturated rings. The summed E-state index contributed by atoms with van der Waals surface area (Å²) in [4.78, 5) is 41.4. The number of H-pyrrole nitrogens is 1. The lowest BCUT2D eigenvalue weighted by atomic mass is 10.3. The van der Waals surface area contributed by atoms with E-state index in [0.29, 0.717) is 26.6 Å². The standard InChI is InChI=1S/C8H10N2O3S.C8H8N2O2S/c1-4(11)10-6-5(9)3-14-7(6)8(12)13-2;1-4-9-5-3-13-7(6(5)10-4)8(11)12-2/h3H,9H2,1-2H3,(H,10,11);3H,1-2H3,(H,9,10). The van der Waals surface area contributed by atoms with Gasteiger partial charge in [-0.1, -0.05) is 0 Å². The number of nitrogens with two attached hydrogens (primary N) is 1. The number of aromatic nitrogens is 2. The molecule has 0 unspecified atom stereocenters. The number of anilines is 2. The second-order valence-corrected chi connectivity index (χ2v) is 6.97. The van der Waals surface area contributed by atoms with Crippen LogP contribution in [0.4, 0.5) is 11.4 Å². The fourth-order valence-corrected chi connectivity index (χ4v) is 3.78. The Hall–Kier alpha value is -2.92. The van der Waals surface area contributed by atoms with Crippen LogP contribution in [0.2, 0.25) is 0 Å². The van der Waals surface area contributed by atoms with E-state index in [9.17, 15) is 14.4 Å². The fraction of sp³-hybridized carbons (Fsp3) is 0.250. The molecule has 0 spiro atoms. The highest BCUT2D eigenvalue weighted by molar-refractivity contribution is 7.13. The number of methoxy groups -OCH3 is 2. The Balaban J connectivity index is 0.000000194. The van der Waals surface area contributed by atoms with Gasteiger partial charge in [-0.3, -0.25) is 4.79 Å². The zero-order chi connectivity index (χ0) is 20.1. The van der Waals surface area contributed by atoms with Crippen LogP contribution in [-0.2, 0) is 14.3 Å². The Morgan fingerprint density at radius 3 is 2.30 bits per heavy atom. The van der Waals surface area contributed by atoms with Crippen LogP contribution in [0.5, 0.6) is 0 Å². The second kappa shape index (κ2) is 8.64. The van der Waals surface area contributed by atoms with Crippen LogP contribution in [0.25, 0.3) is 11.0 Å². The highest BCUT2D eigenvalue weighted by atomic mass is 32.1. The molecule has 144 valence electrons. The van der Waals surface area contributed by atoms with Gasteiger partial charge in [-0.05, 0) is 6.92 Å². The number of esters is 2. The predicted octanol–water partition coefficient (Wildman–Crippen LogP) is 2.79. The van der Waals surface area contributed by atoms with Crippen molar-refractivity contribution in [3.8, 4) is 0 Å². The van der Waals surface area contributed by atoms with E-state index in [1.54, 1.807) is 5.38 Å². The molecule has 27 heavy (non-hydrogen) atoms. The average Bonchev–Trinajstić information content (AvgIpc) is 3.28. The van der Waals surface area contributed by atoms with Crippen LogP contribution < -0.4 is 11.1 Å². The highest BCUT2D eigenvalue weighted by Gasteiger charge is 2.18. The summed E-state index contributed by atoms with van der Waals surface area (Å²) >= 11 is 2.48. The maximum absolute atomic E-state index is 11.2. The van der Waals surface area contributed by atoms with Crippen LogP contribution >= 0.6 is 22.7 Å². The zero-order valence-electron chi connectivity index (χ0n) is 15.0. The normalized spacial score (nSPS) is 10.1. The van der Waals surface area contributed by atoms with Crippen molar-refractivity contribution in [1.29, 1.82) is 0 Å².